The molecule has 0 aromatic heterocycles. The summed E-state index contributed by atoms with van der Waals surface area (Å²) in [7, 11) is 1.71. The maximum atomic E-state index is 6.18. The first-order valence-corrected chi connectivity index (χ1v) is 5.86. The number of ether oxygens (including phenoxy) is 1. The molecule has 0 fully saturated rings. The largest absolute Gasteiger partial charge is 0.496 e. The van der Waals surface area contributed by atoms with Crippen molar-refractivity contribution in [2.24, 2.45) is 11.7 Å². The Morgan fingerprint density at radius 2 is 1.65 bits per heavy atom. The highest BCUT2D eigenvalue weighted by molar-refractivity contribution is 5.85. The summed E-state index contributed by atoms with van der Waals surface area (Å²) in [5, 5.41) is 0. The van der Waals surface area contributed by atoms with E-state index in [9.17, 15) is 0 Å². The Morgan fingerprint density at radius 1 is 1.18 bits per heavy atom. The van der Waals surface area contributed by atoms with Gasteiger partial charge in [0.15, 0.2) is 0 Å². The second-order valence-corrected chi connectivity index (χ2v) is 4.92. The lowest BCUT2D eigenvalue weighted by Crippen LogP contribution is -2.13. The first-order chi connectivity index (χ1) is 7.45. The number of nitrogens with two attached hydrogens (primary N) is 1. The van der Waals surface area contributed by atoms with Gasteiger partial charge in [-0.2, -0.15) is 0 Å². The molecule has 0 heterocycles. The van der Waals surface area contributed by atoms with Crippen LogP contribution in [0.1, 0.15) is 43.0 Å². The summed E-state index contributed by atoms with van der Waals surface area (Å²) < 4.78 is 5.35. The van der Waals surface area contributed by atoms with Crippen molar-refractivity contribution in [3.8, 4) is 5.75 Å². The van der Waals surface area contributed by atoms with E-state index in [1.54, 1.807) is 7.11 Å². The van der Waals surface area contributed by atoms with Crippen molar-refractivity contribution in [3.05, 3.63) is 28.8 Å². The predicted molar refractivity (Wildman–Crippen MR) is 76.1 cm³/mol. The monoisotopic (exact) mass is 257 g/mol. The van der Waals surface area contributed by atoms with E-state index in [2.05, 4.69) is 39.8 Å². The Morgan fingerprint density at radius 3 is 2.00 bits per heavy atom. The van der Waals surface area contributed by atoms with Crippen LogP contribution in [0.2, 0.25) is 0 Å². The average molecular weight is 258 g/mol. The number of halogens is 1. The molecule has 0 amide bonds. The van der Waals surface area contributed by atoms with Gasteiger partial charge in [0, 0.05) is 6.04 Å². The molecule has 98 valence electrons. The molecule has 0 bridgehead atoms. The maximum Gasteiger partial charge on any atom is 0.124 e. The van der Waals surface area contributed by atoms with Crippen LogP contribution in [0.25, 0.3) is 0 Å². The van der Waals surface area contributed by atoms with E-state index in [0.717, 1.165) is 23.3 Å². The zero-order valence-electron chi connectivity index (χ0n) is 11.4. The van der Waals surface area contributed by atoms with Crippen LogP contribution in [-0.4, -0.2) is 7.11 Å². The van der Waals surface area contributed by atoms with Gasteiger partial charge in [-0.1, -0.05) is 26.0 Å². The van der Waals surface area contributed by atoms with Crippen LogP contribution in [0.3, 0.4) is 0 Å². The van der Waals surface area contributed by atoms with Gasteiger partial charge in [-0.15, -0.1) is 12.4 Å². The Bertz CT molecular complexity index is 340. The molecule has 2 N–H and O–H groups in total. The van der Waals surface area contributed by atoms with Crippen LogP contribution >= 0.6 is 12.4 Å². The molecule has 1 atom stereocenters. The van der Waals surface area contributed by atoms with Crippen molar-refractivity contribution in [2.75, 3.05) is 7.11 Å². The van der Waals surface area contributed by atoms with Gasteiger partial charge in [0.05, 0.1) is 7.11 Å². The smallest absolute Gasteiger partial charge is 0.124 e. The molecular formula is C14H24ClNO. The second-order valence-electron chi connectivity index (χ2n) is 4.92. The van der Waals surface area contributed by atoms with Crippen molar-refractivity contribution >= 4 is 12.4 Å². The van der Waals surface area contributed by atoms with Gasteiger partial charge in [0.25, 0.3) is 0 Å². The van der Waals surface area contributed by atoms with Crippen LogP contribution in [-0.2, 0) is 0 Å². The van der Waals surface area contributed by atoms with E-state index in [-0.39, 0.29) is 18.4 Å². The molecule has 0 aliphatic heterocycles. The van der Waals surface area contributed by atoms with Crippen molar-refractivity contribution in [2.45, 2.75) is 40.2 Å². The topological polar surface area (TPSA) is 35.2 Å². The molecular weight excluding hydrogens is 234 g/mol. The van der Waals surface area contributed by atoms with Gasteiger partial charge < -0.3 is 10.5 Å². The summed E-state index contributed by atoms with van der Waals surface area (Å²) in [5.74, 6) is 1.60. The molecule has 17 heavy (non-hydrogen) atoms. The van der Waals surface area contributed by atoms with E-state index in [1.807, 2.05) is 0 Å². The highest BCUT2D eigenvalue weighted by Crippen LogP contribution is 2.28. The first kappa shape index (κ1) is 16.3. The van der Waals surface area contributed by atoms with Gasteiger partial charge in [-0.3, -0.25) is 0 Å². The third kappa shape index (κ3) is 4.21. The fourth-order valence-electron chi connectivity index (χ4n) is 2.16. The van der Waals surface area contributed by atoms with E-state index in [1.165, 1.54) is 5.56 Å². The number of rotatable bonds is 4. The molecule has 0 aliphatic carbocycles. The highest BCUT2D eigenvalue weighted by Gasteiger charge is 2.12. The molecule has 0 aliphatic rings. The molecule has 1 aromatic carbocycles. The average Bonchev–Trinajstić information content (AvgIpc) is 2.16. The van der Waals surface area contributed by atoms with Gasteiger partial charge >= 0.3 is 0 Å². The molecule has 2 nitrogen and oxygen atoms in total. The minimum atomic E-state index is 0. The molecule has 1 aromatic rings. The van der Waals surface area contributed by atoms with Crippen LogP contribution in [0, 0.1) is 19.8 Å². The van der Waals surface area contributed by atoms with Crippen molar-refractivity contribution < 1.29 is 4.74 Å². The van der Waals surface area contributed by atoms with Crippen LogP contribution < -0.4 is 10.5 Å². The Kier molecular flexibility index (Phi) is 6.58. The lowest BCUT2D eigenvalue weighted by atomic mass is 9.95. The zero-order chi connectivity index (χ0) is 12.3. The minimum Gasteiger partial charge on any atom is -0.496 e. The van der Waals surface area contributed by atoms with E-state index in [0.29, 0.717) is 5.92 Å². The third-order valence-corrected chi connectivity index (χ3v) is 2.84. The normalized spacial score (nSPS) is 12.2. The molecule has 0 saturated heterocycles. The summed E-state index contributed by atoms with van der Waals surface area (Å²) in [6, 6.07) is 4.40. The van der Waals surface area contributed by atoms with Crippen LogP contribution in [0.4, 0.5) is 0 Å². The van der Waals surface area contributed by atoms with Crippen LogP contribution in [0.15, 0.2) is 12.1 Å². The zero-order valence-corrected chi connectivity index (χ0v) is 12.2. The Hall–Kier alpha value is -0.730. The first-order valence-electron chi connectivity index (χ1n) is 5.86. The summed E-state index contributed by atoms with van der Waals surface area (Å²) in [5.41, 5.74) is 9.72. The fraction of sp³-hybridized carbons (Fsp3) is 0.571. The third-order valence-electron chi connectivity index (χ3n) is 2.84. The van der Waals surface area contributed by atoms with Gasteiger partial charge in [-0.05, 0) is 42.9 Å². The fourth-order valence-corrected chi connectivity index (χ4v) is 2.16. The highest BCUT2D eigenvalue weighted by atomic mass is 35.5. The number of aryl methyl sites for hydroxylation is 2. The maximum absolute atomic E-state index is 6.18. The lowest BCUT2D eigenvalue weighted by Gasteiger charge is -2.17. The molecule has 0 spiro atoms. The molecule has 0 unspecified atom stereocenters. The minimum absolute atomic E-state index is 0. The van der Waals surface area contributed by atoms with Crippen molar-refractivity contribution in [1.29, 1.82) is 0 Å². The van der Waals surface area contributed by atoms with Crippen molar-refractivity contribution in [1.82, 2.24) is 0 Å². The quantitative estimate of drug-likeness (QED) is 0.891. The Labute approximate surface area is 111 Å². The van der Waals surface area contributed by atoms with Crippen LogP contribution in [0.5, 0.6) is 5.75 Å². The summed E-state index contributed by atoms with van der Waals surface area (Å²) in [4.78, 5) is 0. The van der Waals surface area contributed by atoms with Gasteiger partial charge in [-0.25, -0.2) is 0 Å². The van der Waals surface area contributed by atoms with Crippen molar-refractivity contribution in [3.63, 3.8) is 0 Å². The van der Waals surface area contributed by atoms with Gasteiger partial charge in [0.2, 0.25) is 0 Å². The SMILES string of the molecule is COc1c(C)cc([C@@H](N)CC(C)C)cc1C.Cl. The molecule has 0 saturated carbocycles. The standard InChI is InChI=1S/C14H23NO.ClH/c1-9(2)6-13(15)12-7-10(3)14(16-5)11(4)8-12;/h7-9,13H,6,15H2,1-5H3;1H/t13-;/m0./s1. The number of hydrogen-bond acceptors (Lipinski definition) is 2. The van der Waals surface area contributed by atoms with E-state index in [4.69, 9.17) is 10.5 Å². The predicted octanol–water partition coefficient (Wildman–Crippen LogP) is 3.78. The summed E-state index contributed by atoms with van der Waals surface area (Å²) in [6.45, 7) is 8.53. The molecule has 3 heteroatoms. The Balaban J connectivity index is 0.00000256. The molecule has 0 radical (unpaired) electrons. The summed E-state index contributed by atoms with van der Waals surface area (Å²) >= 11 is 0. The molecule has 1 rings (SSSR count). The summed E-state index contributed by atoms with van der Waals surface area (Å²) in [6.07, 6.45) is 1.02. The number of methoxy groups -OCH3 is 1. The number of benzene rings is 1. The number of hydrogen-bond donors (Lipinski definition) is 1. The second kappa shape index (κ2) is 6.87. The van der Waals surface area contributed by atoms with Gasteiger partial charge in [0.1, 0.15) is 5.75 Å². The van der Waals surface area contributed by atoms with E-state index < -0.39 is 0 Å². The van der Waals surface area contributed by atoms with E-state index >= 15 is 0 Å². The lowest BCUT2D eigenvalue weighted by molar-refractivity contribution is 0.408.